The minimum Gasteiger partial charge on any atom is -0.382 e. The molecule has 2 amide bonds. The summed E-state index contributed by atoms with van der Waals surface area (Å²) in [6.07, 6.45) is 3.69. The average Bonchev–Trinajstić information content (AvgIpc) is 3.20. The molecule has 2 heterocycles. The first-order chi connectivity index (χ1) is 15.0. The number of hydrogen-bond acceptors (Lipinski definition) is 5. The number of nitrogens with zero attached hydrogens (tertiary/aromatic N) is 2. The first kappa shape index (κ1) is 20.1. The second-order valence-corrected chi connectivity index (χ2v) is 7.08. The van der Waals surface area contributed by atoms with Gasteiger partial charge in [-0.2, -0.15) is 0 Å². The molecule has 0 saturated carbocycles. The molecule has 0 spiro atoms. The molecule has 0 aliphatic carbocycles. The maximum atomic E-state index is 12.5. The molecule has 0 saturated heterocycles. The molecule has 2 aromatic heterocycles. The second kappa shape index (κ2) is 8.66. The number of nitrogens with two attached hydrogens (primary N) is 1. The van der Waals surface area contributed by atoms with Crippen LogP contribution in [0.25, 0.3) is 22.2 Å². The molecule has 0 aliphatic rings. The zero-order valence-electron chi connectivity index (χ0n) is 17.0. The van der Waals surface area contributed by atoms with Crippen molar-refractivity contribution in [2.24, 2.45) is 0 Å². The predicted octanol–water partition coefficient (Wildman–Crippen LogP) is 2.43. The van der Waals surface area contributed by atoms with Gasteiger partial charge in [0.05, 0.1) is 18.3 Å². The average molecular weight is 414 g/mol. The Balaban J connectivity index is 1.45. The molecule has 0 fully saturated rings. The lowest BCUT2D eigenvalue weighted by molar-refractivity contribution is -0.120. The number of rotatable bonds is 6. The van der Waals surface area contributed by atoms with Crippen molar-refractivity contribution in [3.8, 4) is 11.3 Å². The highest BCUT2D eigenvalue weighted by molar-refractivity contribution is 5.96. The number of nitrogens with one attached hydrogen (secondary N) is 3. The van der Waals surface area contributed by atoms with Gasteiger partial charge < -0.3 is 21.4 Å². The molecular weight excluding hydrogens is 392 g/mol. The van der Waals surface area contributed by atoms with Gasteiger partial charge in [-0.25, -0.2) is 9.97 Å². The fourth-order valence-corrected chi connectivity index (χ4v) is 3.38. The summed E-state index contributed by atoms with van der Waals surface area (Å²) < 4.78 is 0. The van der Waals surface area contributed by atoms with Crippen LogP contribution in [0.3, 0.4) is 0 Å². The molecule has 8 nitrogen and oxygen atoms in total. The molecule has 4 rings (SSSR count). The van der Waals surface area contributed by atoms with Gasteiger partial charge in [-0.3, -0.25) is 9.59 Å². The van der Waals surface area contributed by atoms with E-state index >= 15 is 0 Å². The summed E-state index contributed by atoms with van der Waals surface area (Å²) in [5.74, 6) is -0.388. The number of fused-ring (bicyclic) bond motifs is 1. The van der Waals surface area contributed by atoms with E-state index in [0.717, 1.165) is 27.6 Å². The van der Waals surface area contributed by atoms with Crippen LogP contribution < -0.4 is 16.4 Å². The van der Waals surface area contributed by atoms with Crippen LogP contribution in [0.1, 0.15) is 21.6 Å². The number of amides is 2. The van der Waals surface area contributed by atoms with Crippen molar-refractivity contribution in [3.63, 3.8) is 0 Å². The first-order valence-electron chi connectivity index (χ1n) is 9.80. The largest absolute Gasteiger partial charge is 0.382 e. The van der Waals surface area contributed by atoms with E-state index in [1.54, 1.807) is 0 Å². The van der Waals surface area contributed by atoms with Gasteiger partial charge in [-0.05, 0) is 23.3 Å². The number of aromatic nitrogens is 3. The number of hydrogen-bond donors (Lipinski definition) is 4. The molecule has 156 valence electrons. The van der Waals surface area contributed by atoms with E-state index in [0.29, 0.717) is 18.7 Å². The molecule has 0 radical (unpaired) electrons. The Hall–Kier alpha value is -4.20. The fourth-order valence-electron chi connectivity index (χ4n) is 3.38. The maximum Gasteiger partial charge on any atom is 0.273 e. The van der Waals surface area contributed by atoms with Crippen LogP contribution in [-0.2, 0) is 17.8 Å². The van der Waals surface area contributed by atoms with Crippen LogP contribution in [0, 0.1) is 0 Å². The number of aromatic amines is 1. The van der Waals surface area contributed by atoms with Crippen LogP contribution in [0.2, 0.25) is 0 Å². The van der Waals surface area contributed by atoms with Crippen molar-refractivity contribution >= 4 is 28.5 Å². The monoisotopic (exact) mass is 414 g/mol. The number of benzene rings is 2. The van der Waals surface area contributed by atoms with Crippen molar-refractivity contribution in [1.82, 2.24) is 25.6 Å². The predicted molar refractivity (Wildman–Crippen MR) is 119 cm³/mol. The lowest BCUT2D eigenvalue weighted by Crippen LogP contribution is -2.24. The Bertz CT molecular complexity index is 1260. The topological polar surface area (TPSA) is 126 Å². The van der Waals surface area contributed by atoms with Crippen LogP contribution in [0.15, 0.2) is 60.9 Å². The van der Waals surface area contributed by atoms with E-state index in [2.05, 4.69) is 25.6 Å². The lowest BCUT2D eigenvalue weighted by atomic mass is 10.1. The van der Waals surface area contributed by atoms with Crippen LogP contribution in [-0.4, -0.2) is 33.8 Å². The molecular formula is C23H22N6O2. The third kappa shape index (κ3) is 4.37. The normalized spacial score (nSPS) is 10.7. The number of anilines is 1. The summed E-state index contributed by atoms with van der Waals surface area (Å²) in [6.45, 7) is 0.375. The summed E-state index contributed by atoms with van der Waals surface area (Å²) >= 11 is 0. The molecule has 0 bridgehead atoms. The SMILES string of the molecule is CNC(=O)c1nc(-c2cccc(CNC(=O)Cc3c[nH]c4ccccc34)c2)cnc1N. The quantitative estimate of drug-likeness (QED) is 0.386. The molecule has 5 N–H and O–H groups in total. The lowest BCUT2D eigenvalue weighted by Gasteiger charge is -2.09. The zero-order chi connectivity index (χ0) is 21.8. The summed E-state index contributed by atoms with van der Waals surface area (Å²) in [7, 11) is 1.51. The Morgan fingerprint density at radius 2 is 1.97 bits per heavy atom. The van der Waals surface area contributed by atoms with Gasteiger partial charge in [0, 0.05) is 36.3 Å². The van der Waals surface area contributed by atoms with Gasteiger partial charge in [0.15, 0.2) is 11.5 Å². The molecule has 2 aromatic carbocycles. The van der Waals surface area contributed by atoms with Crippen molar-refractivity contribution in [1.29, 1.82) is 0 Å². The number of carbonyl (C=O) groups is 2. The first-order valence-corrected chi connectivity index (χ1v) is 9.80. The van der Waals surface area contributed by atoms with Gasteiger partial charge in [0.1, 0.15) is 0 Å². The van der Waals surface area contributed by atoms with Crippen molar-refractivity contribution in [3.05, 3.63) is 77.7 Å². The second-order valence-electron chi connectivity index (χ2n) is 7.08. The third-order valence-electron chi connectivity index (χ3n) is 4.98. The van der Waals surface area contributed by atoms with E-state index < -0.39 is 5.91 Å². The minimum atomic E-state index is -0.396. The number of nitrogen functional groups attached to an aromatic ring is 1. The highest BCUT2D eigenvalue weighted by Gasteiger charge is 2.14. The molecule has 31 heavy (non-hydrogen) atoms. The minimum absolute atomic E-state index is 0.0654. The van der Waals surface area contributed by atoms with Crippen molar-refractivity contribution in [2.75, 3.05) is 12.8 Å². The summed E-state index contributed by atoms with van der Waals surface area (Å²) in [4.78, 5) is 36.0. The van der Waals surface area contributed by atoms with Crippen molar-refractivity contribution in [2.45, 2.75) is 13.0 Å². The molecule has 0 unspecified atom stereocenters. The van der Waals surface area contributed by atoms with E-state index in [-0.39, 0.29) is 17.4 Å². The smallest absolute Gasteiger partial charge is 0.273 e. The van der Waals surface area contributed by atoms with E-state index in [9.17, 15) is 9.59 Å². The molecule has 0 aliphatic heterocycles. The van der Waals surface area contributed by atoms with Crippen molar-refractivity contribution < 1.29 is 9.59 Å². The van der Waals surface area contributed by atoms with Gasteiger partial charge >= 0.3 is 0 Å². The highest BCUT2D eigenvalue weighted by atomic mass is 16.2. The number of H-pyrrole nitrogens is 1. The standard InChI is InChI=1S/C23H22N6O2/c1-25-23(31)21-22(24)28-13-19(29-21)15-6-4-5-14(9-15)11-27-20(30)10-16-12-26-18-8-3-2-7-17(16)18/h2-9,12-13,26H,10-11H2,1H3,(H2,24,28)(H,25,31)(H,27,30). The summed E-state index contributed by atoms with van der Waals surface area (Å²) in [6, 6.07) is 15.5. The Morgan fingerprint density at radius 3 is 2.81 bits per heavy atom. The van der Waals surface area contributed by atoms with Gasteiger partial charge in [0.2, 0.25) is 5.91 Å². The fraction of sp³-hybridized carbons (Fsp3) is 0.130. The Labute approximate surface area is 178 Å². The van der Waals surface area contributed by atoms with E-state index in [1.807, 2.05) is 54.7 Å². The van der Waals surface area contributed by atoms with Gasteiger partial charge in [-0.15, -0.1) is 0 Å². The Morgan fingerprint density at radius 1 is 1.13 bits per heavy atom. The van der Waals surface area contributed by atoms with Crippen LogP contribution in [0.5, 0.6) is 0 Å². The zero-order valence-corrected chi connectivity index (χ0v) is 17.0. The summed E-state index contributed by atoms with van der Waals surface area (Å²) in [5, 5.41) is 6.51. The van der Waals surface area contributed by atoms with Gasteiger partial charge in [-0.1, -0.05) is 36.4 Å². The van der Waals surface area contributed by atoms with Gasteiger partial charge in [0.25, 0.3) is 5.91 Å². The summed E-state index contributed by atoms with van der Waals surface area (Å²) in [5.41, 5.74) is 10.0. The molecule has 4 aromatic rings. The van der Waals surface area contributed by atoms with Crippen LogP contribution in [0.4, 0.5) is 5.82 Å². The van der Waals surface area contributed by atoms with Crippen LogP contribution >= 0.6 is 0 Å². The van der Waals surface area contributed by atoms with E-state index in [4.69, 9.17) is 5.73 Å². The Kier molecular flexibility index (Phi) is 5.61. The van der Waals surface area contributed by atoms with E-state index in [1.165, 1.54) is 13.2 Å². The molecule has 0 atom stereocenters. The molecule has 8 heteroatoms. The highest BCUT2D eigenvalue weighted by Crippen LogP contribution is 2.20. The third-order valence-corrected chi connectivity index (χ3v) is 4.98. The maximum absolute atomic E-state index is 12.5. The number of para-hydroxylation sites is 1. The number of carbonyl (C=O) groups excluding carboxylic acids is 2.